The van der Waals surface area contributed by atoms with Crippen molar-refractivity contribution in [2.24, 2.45) is 5.92 Å². The Morgan fingerprint density at radius 3 is 1.70 bits per heavy atom. The lowest BCUT2D eigenvalue weighted by Gasteiger charge is -2.38. The van der Waals surface area contributed by atoms with E-state index in [1.54, 1.807) is 0 Å². The first-order valence-corrected chi connectivity index (χ1v) is 12.9. The Morgan fingerprint density at radius 1 is 0.733 bits per heavy atom. The second-order valence-electron chi connectivity index (χ2n) is 7.76. The van der Waals surface area contributed by atoms with Crippen LogP contribution in [0.15, 0.2) is 117 Å². The lowest BCUT2D eigenvalue weighted by Crippen LogP contribution is -2.36. The van der Waals surface area contributed by atoms with E-state index < -0.39 is 0 Å². The summed E-state index contributed by atoms with van der Waals surface area (Å²) in [4.78, 5) is 5.38. The molecule has 3 heteroatoms. The Hall–Kier alpha value is -1.55. The number of thioether (sulfide) groups is 3. The second-order valence-corrected chi connectivity index (χ2v) is 11.9. The van der Waals surface area contributed by atoms with Gasteiger partial charge < -0.3 is 0 Å². The van der Waals surface area contributed by atoms with E-state index in [-0.39, 0.29) is 4.75 Å². The monoisotopic (exact) mass is 450 g/mol. The summed E-state index contributed by atoms with van der Waals surface area (Å²) in [6, 6.07) is 32.3. The smallest absolute Gasteiger partial charge is 0.0311 e. The fourth-order valence-corrected chi connectivity index (χ4v) is 7.37. The van der Waals surface area contributed by atoms with Crippen molar-refractivity contribution in [1.82, 2.24) is 0 Å². The molecule has 0 heterocycles. The number of benzene rings is 3. The van der Waals surface area contributed by atoms with Crippen LogP contribution in [0.25, 0.3) is 0 Å². The van der Waals surface area contributed by atoms with E-state index in [4.69, 9.17) is 0 Å². The van der Waals surface area contributed by atoms with Crippen LogP contribution in [0.2, 0.25) is 0 Å². The molecule has 0 aromatic heterocycles. The molecule has 3 aromatic rings. The molecule has 0 unspecified atom stereocenters. The molecule has 3 rings (SSSR count). The van der Waals surface area contributed by atoms with Gasteiger partial charge in [-0.25, -0.2) is 0 Å². The molecule has 0 bridgehead atoms. The highest BCUT2D eigenvalue weighted by atomic mass is 32.2. The van der Waals surface area contributed by atoms with Gasteiger partial charge in [0.1, 0.15) is 0 Å². The van der Waals surface area contributed by atoms with E-state index in [9.17, 15) is 0 Å². The Bertz CT molecular complexity index is 918. The molecule has 0 amide bonds. The zero-order chi connectivity index (χ0) is 21.4. The van der Waals surface area contributed by atoms with Gasteiger partial charge in [0.2, 0.25) is 0 Å². The van der Waals surface area contributed by atoms with Crippen molar-refractivity contribution in [3.63, 3.8) is 0 Å². The predicted octanol–water partition coefficient (Wildman–Crippen LogP) is 9.05. The van der Waals surface area contributed by atoms with Crippen LogP contribution in [0, 0.1) is 5.92 Å². The maximum Gasteiger partial charge on any atom is 0.0311 e. The lowest BCUT2D eigenvalue weighted by atomic mass is 9.96. The molecule has 0 spiro atoms. The van der Waals surface area contributed by atoms with Crippen LogP contribution in [0.4, 0.5) is 0 Å². The van der Waals surface area contributed by atoms with Gasteiger partial charge in [0.25, 0.3) is 0 Å². The first-order valence-electron chi connectivity index (χ1n) is 10.3. The molecular formula is C27H30S3. The van der Waals surface area contributed by atoms with Gasteiger partial charge in [-0.2, -0.15) is 0 Å². The summed E-state index contributed by atoms with van der Waals surface area (Å²) in [5.74, 6) is 0.414. The summed E-state index contributed by atoms with van der Waals surface area (Å²) in [6.45, 7) is 9.34. The molecule has 0 radical (unpaired) electrons. The van der Waals surface area contributed by atoms with Crippen molar-refractivity contribution in [2.45, 2.75) is 52.4 Å². The van der Waals surface area contributed by atoms with Crippen LogP contribution in [0.5, 0.6) is 0 Å². The second kappa shape index (κ2) is 11.2. The SMILES string of the molecule is C/C=C(/Sc1ccccc1)[C@@H](C)[C@H](Sc1ccccc1)C(C)(C)Sc1ccccc1. The average molecular weight is 451 g/mol. The fraction of sp³-hybridized carbons (Fsp3) is 0.259. The zero-order valence-corrected chi connectivity index (χ0v) is 20.6. The van der Waals surface area contributed by atoms with E-state index in [1.807, 2.05) is 35.3 Å². The summed E-state index contributed by atoms with van der Waals surface area (Å²) in [5, 5.41) is 0.410. The minimum atomic E-state index is 0.0484. The Labute approximate surface area is 195 Å². The lowest BCUT2D eigenvalue weighted by molar-refractivity contribution is 0.554. The van der Waals surface area contributed by atoms with Gasteiger partial charge in [-0.05, 0) is 62.1 Å². The van der Waals surface area contributed by atoms with Crippen LogP contribution in [0.3, 0.4) is 0 Å². The largest absolute Gasteiger partial charge is 0.121 e. The number of hydrogen-bond acceptors (Lipinski definition) is 3. The first-order chi connectivity index (χ1) is 14.5. The predicted molar refractivity (Wildman–Crippen MR) is 138 cm³/mol. The van der Waals surface area contributed by atoms with Gasteiger partial charge >= 0.3 is 0 Å². The number of hydrogen-bond donors (Lipinski definition) is 0. The first kappa shape index (κ1) is 23.1. The average Bonchev–Trinajstić information content (AvgIpc) is 2.77. The third kappa shape index (κ3) is 6.47. The topological polar surface area (TPSA) is 0 Å². The van der Waals surface area contributed by atoms with Gasteiger partial charge in [0.15, 0.2) is 0 Å². The molecule has 0 aliphatic heterocycles. The molecule has 0 saturated carbocycles. The zero-order valence-electron chi connectivity index (χ0n) is 18.1. The van der Waals surface area contributed by atoms with Gasteiger partial charge in [0, 0.05) is 30.6 Å². The third-order valence-electron chi connectivity index (χ3n) is 4.98. The van der Waals surface area contributed by atoms with Crippen LogP contribution >= 0.6 is 35.3 Å². The summed E-state index contributed by atoms with van der Waals surface area (Å²) in [7, 11) is 0. The van der Waals surface area contributed by atoms with Crippen molar-refractivity contribution in [3.05, 3.63) is 102 Å². The van der Waals surface area contributed by atoms with E-state index in [0.717, 1.165) is 0 Å². The maximum absolute atomic E-state index is 2.39. The van der Waals surface area contributed by atoms with E-state index >= 15 is 0 Å². The van der Waals surface area contributed by atoms with Crippen molar-refractivity contribution < 1.29 is 0 Å². The molecule has 0 aliphatic rings. The minimum absolute atomic E-state index is 0.0484. The van der Waals surface area contributed by atoms with Gasteiger partial charge in [-0.15, -0.1) is 23.5 Å². The van der Waals surface area contributed by atoms with Crippen molar-refractivity contribution >= 4 is 35.3 Å². The molecule has 156 valence electrons. The molecular weight excluding hydrogens is 420 g/mol. The third-order valence-corrected chi connectivity index (χ3v) is 9.57. The summed E-state index contributed by atoms with van der Waals surface area (Å²) in [5.41, 5.74) is 0. The van der Waals surface area contributed by atoms with Crippen LogP contribution < -0.4 is 0 Å². The van der Waals surface area contributed by atoms with Gasteiger partial charge in [0.05, 0.1) is 0 Å². The van der Waals surface area contributed by atoms with E-state index in [2.05, 4.69) is 125 Å². The van der Waals surface area contributed by atoms with Crippen LogP contribution in [-0.2, 0) is 0 Å². The van der Waals surface area contributed by atoms with Crippen LogP contribution in [0.1, 0.15) is 27.7 Å². The highest BCUT2D eigenvalue weighted by Gasteiger charge is 2.37. The number of rotatable bonds is 9. The summed E-state index contributed by atoms with van der Waals surface area (Å²) < 4.78 is 0.0484. The molecule has 0 aliphatic carbocycles. The molecule has 0 N–H and O–H groups in total. The maximum atomic E-state index is 2.39. The number of allylic oxidation sites excluding steroid dienone is 2. The standard InChI is InChI=1S/C27H30S3/c1-5-25(28-22-15-9-6-10-16-22)21(2)26(29-23-17-11-7-12-18-23)27(3,4)30-24-19-13-8-14-20-24/h5-21,26H,1-4H3/b25-5+/t21-,26+/m1/s1. The highest BCUT2D eigenvalue weighted by Crippen LogP contribution is 2.49. The molecule has 3 aromatic carbocycles. The van der Waals surface area contributed by atoms with E-state index in [1.165, 1.54) is 19.6 Å². The fourth-order valence-electron chi connectivity index (χ4n) is 3.53. The summed E-state index contributed by atoms with van der Waals surface area (Å²) >= 11 is 5.88. The Kier molecular flexibility index (Phi) is 8.61. The van der Waals surface area contributed by atoms with E-state index in [0.29, 0.717) is 11.2 Å². The summed E-state index contributed by atoms with van der Waals surface area (Å²) in [6.07, 6.45) is 2.30. The highest BCUT2D eigenvalue weighted by molar-refractivity contribution is 8.05. The normalized spacial score (nSPS) is 14.3. The van der Waals surface area contributed by atoms with Gasteiger partial charge in [-0.3, -0.25) is 0 Å². The Balaban J connectivity index is 1.89. The molecule has 0 saturated heterocycles. The van der Waals surface area contributed by atoms with Crippen molar-refractivity contribution in [3.8, 4) is 0 Å². The molecule has 30 heavy (non-hydrogen) atoms. The quantitative estimate of drug-likeness (QED) is 0.298. The molecule has 0 nitrogen and oxygen atoms in total. The minimum Gasteiger partial charge on any atom is -0.121 e. The van der Waals surface area contributed by atoms with Crippen LogP contribution in [-0.4, -0.2) is 10.00 Å². The molecule has 0 fully saturated rings. The Morgan fingerprint density at radius 2 is 1.20 bits per heavy atom. The van der Waals surface area contributed by atoms with Crippen molar-refractivity contribution in [1.29, 1.82) is 0 Å². The van der Waals surface area contributed by atoms with Crippen molar-refractivity contribution in [2.75, 3.05) is 0 Å². The van der Waals surface area contributed by atoms with Gasteiger partial charge in [-0.1, -0.05) is 79.4 Å². The molecule has 2 atom stereocenters.